The molecule has 0 fully saturated rings. The van der Waals surface area contributed by atoms with Crippen molar-refractivity contribution in [2.24, 2.45) is 5.73 Å². The van der Waals surface area contributed by atoms with Crippen LogP contribution in [0.5, 0.6) is 0 Å². The summed E-state index contributed by atoms with van der Waals surface area (Å²) in [5.74, 6) is -0.769. The van der Waals surface area contributed by atoms with Crippen LogP contribution in [0.3, 0.4) is 0 Å². The second-order valence-corrected chi connectivity index (χ2v) is 7.16. The molecule has 0 bridgehead atoms. The number of nitrogens with zero attached hydrogens (tertiary/aromatic N) is 2. The maximum Gasteiger partial charge on any atom is 0.249 e. The zero-order chi connectivity index (χ0) is 20.5. The van der Waals surface area contributed by atoms with Crippen LogP contribution in [0.1, 0.15) is 10.4 Å². The molecule has 0 unspecified atom stereocenters. The Morgan fingerprint density at radius 1 is 1.03 bits per heavy atom. The number of benzene rings is 2. The van der Waals surface area contributed by atoms with Crippen LogP contribution in [-0.2, 0) is 0 Å². The van der Waals surface area contributed by atoms with Crippen molar-refractivity contribution in [1.82, 2.24) is 15.0 Å². The van der Waals surface area contributed by atoms with Gasteiger partial charge in [-0.3, -0.25) is 4.79 Å². The van der Waals surface area contributed by atoms with Gasteiger partial charge in [-0.2, -0.15) is 0 Å². The van der Waals surface area contributed by atoms with E-state index >= 15 is 0 Å². The van der Waals surface area contributed by atoms with Gasteiger partial charge in [0.15, 0.2) is 0 Å². The summed E-state index contributed by atoms with van der Waals surface area (Å²) < 4.78 is 14.2. The van der Waals surface area contributed by atoms with Crippen molar-refractivity contribution in [1.29, 1.82) is 0 Å². The number of primary amides is 1. The van der Waals surface area contributed by atoms with Gasteiger partial charge in [0, 0.05) is 27.4 Å². The fourth-order valence-electron chi connectivity index (χ4n) is 3.17. The number of nitrogen functional groups attached to an aromatic ring is 1. The van der Waals surface area contributed by atoms with Gasteiger partial charge in [-0.05, 0) is 57.9 Å². The number of rotatable bonds is 4. The molecule has 2 aromatic heterocycles. The van der Waals surface area contributed by atoms with Crippen molar-refractivity contribution in [3.8, 4) is 33.8 Å². The summed E-state index contributed by atoms with van der Waals surface area (Å²) >= 11 is 3.42. The molecule has 1 amide bonds. The Kier molecular flexibility index (Phi) is 4.85. The van der Waals surface area contributed by atoms with E-state index in [1.165, 1.54) is 12.1 Å². The molecule has 8 heteroatoms. The molecular weight excluding hydrogens is 437 g/mol. The highest BCUT2D eigenvalue weighted by molar-refractivity contribution is 9.10. The van der Waals surface area contributed by atoms with Crippen molar-refractivity contribution in [2.75, 3.05) is 5.73 Å². The van der Waals surface area contributed by atoms with Crippen LogP contribution in [0.15, 0.2) is 65.3 Å². The second kappa shape index (κ2) is 7.48. The number of amides is 1. The molecule has 0 saturated heterocycles. The molecule has 29 heavy (non-hydrogen) atoms. The first-order valence-corrected chi connectivity index (χ1v) is 9.40. The monoisotopic (exact) mass is 451 g/mol. The van der Waals surface area contributed by atoms with Gasteiger partial charge in [0.25, 0.3) is 0 Å². The molecule has 0 aliphatic heterocycles. The first-order valence-electron chi connectivity index (χ1n) is 8.60. The molecule has 0 atom stereocenters. The Hall–Kier alpha value is -3.52. The van der Waals surface area contributed by atoms with E-state index in [4.69, 9.17) is 11.5 Å². The van der Waals surface area contributed by atoms with E-state index in [2.05, 4.69) is 30.9 Å². The third-order valence-electron chi connectivity index (χ3n) is 4.45. The minimum absolute atomic E-state index is 0.140. The van der Waals surface area contributed by atoms with Crippen LogP contribution in [0.25, 0.3) is 33.8 Å². The lowest BCUT2D eigenvalue weighted by Gasteiger charge is -2.10. The summed E-state index contributed by atoms with van der Waals surface area (Å²) in [6.45, 7) is 0. The van der Waals surface area contributed by atoms with Gasteiger partial charge in [-0.15, -0.1) is 0 Å². The van der Waals surface area contributed by atoms with Crippen LogP contribution < -0.4 is 11.5 Å². The number of aromatic nitrogens is 3. The van der Waals surface area contributed by atoms with E-state index in [0.717, 1.165) is 5.56 Å². The van der Waals surface area contributed by atoms with Gasteiger partial charge in [0.05, 0.1) is 17.1 Å². The second-order valence-electron chi connectivity index (χ2n) is 6.31. The van der Waals surface area contributed by atoms with Crippen molar-refractivity contribution in [3.63, 3.8) is 0 Å². The van der Waals surface area contributed by atoms with E-state index in [9.17, 15) is 9.18 Å². The molecule has 0 spiro atoms. The molecule has 2 heterocycles. The fourth-order valence-corrected chi connectivity index (χ4v) is 3.72. The predicted octanol–water partition coefficient (Wildman–Crippen LogP) is 4.39. The number of carbonyl (C=O) groups excluding carboxylic acids is 1. The number of halogens is 2. The molecular formula is C21H15BrFN5O. The number of nitrogens with one attached hydrogen (secondary N) is 1. The van der Waals surface area contributed by atoms with Gasteiger partial charge in [-0.25, -0.2) is 14.4 Å². The number of H-pyrrole nitrogens is 1. The smallest absolute Gasteiger partial charge is 0.249 e. The first-order chi connectivity index (χ1) is 13.9. The zero-order valence-electron chi connectivity index (χ0n) is 15.0. The summed E-state index contributed by atoms with van der Waals surface area (Å²) in [6, 6.07) is 15.0. The Labute approximate surface area is 173 Å². The maximum atomic E-state index is 13.6. The number of hydrogen-bond donors (Lipinski definition) is 3. The Morgan fingerprint density at radius 3 is 2.55 bits per heavy atom. The average molecular weight is 452 g/mol. The van der Waals surface area contributed by atoms with E-state index in [1.54, 1.807) is 30.5 Å². The summed E-state index contributed by atoms with van der Waals surface area (Å²) in [5.41, 5.74) is 15.7. The lowest BCUT2D eigenvalue weighted by Crippen LogP contribution is -2.12. The Morgan fingerprint density at radius 2 is 1.83 bits per heavy atom. The molecule has 144 valence electrons. The molecule has 4 aromatic rings. The van der Waals surface area contributed by atoms with Crippen molar-refractivity contribution in [3.05, 3.63) is 76.6 Å². The molecule has 0 radical (unpaired) electrons. The lowest BCUT2D eigenvalue weighted by molar-refractivity contribution is 0.100. The third kappa shape index (κ3) is 3.62. The largest absolute Gasteiger partial charge is 0.368 e. The minimum atomic E-state index is -0.543. The highest BCUT2D eigenvalue weighted by Gasteiger charge is 2.19. The van der Waals surface area contributed by atoms with Crippen molar-refractivity contribution in [2.45, 2.75) is 0 Å². The lowest BCUT2D eigenvalue weighted by atomic mass is 9.96. The number of hydrogen-bond acceptors (Lipinski definition) is 4. The van der Waals surface area contributed by atoms with E-state index in [1.807, 2.05) is 18.2 Å². The fraction of sp³-hybridized carbons (Fsp3) is 0. The van der Waals surface area contributed by atoms with Crippen molar-refractivity contribution < 1.29 is 9.18 Å². The Balaban J connectivity index is 2.00. The summed E-state index contributed by atoms with van der Waals surface area (Å²) in [7, 11) is 0. The van der Waals surface area contributed by atoms with Crippen LogP contribution in [0.4, 0.5) is 10.3 Å². The normalized spacial score (nSPS) is 10.8. The van der Waals surface area contributed by atoms with E-state index < -0.39 is 5.91 Å². The van der Waals surface area contributed by atoms with Gasteiger partial charge < -0.3 is 16.5 Å². The van der Waals surface area contributed by atoms with Crippen molar-refractivity contribution >= 4 is 27.8 Å². The average Bonchev–Trinajstić information content (AvgIpc) is 3.13. The summed E-state index contributed by atoms with van der Waals surface area (Å²) in [5, 5.41) is 0. The first kappa shape index (κ1) is 18.8. The third-order valence-corrected chi connectivity index (χ3v) is 5.11. The maximum absolute atomic E-state index is 13.6. The zero-order valence-corrected chi connectivity index (χ0v) is 16.6. The SMILES string of the molecule is NC(=O)c1ccccc1-c1cc(-c2ccnc(N)n2)[nH]c1-c1ccc(F)cc1Br. The number of nitrogens with two attached hydrogens (primary N) is 2. The molecule has 6 nitrogen and oxygen atoms in total. The van der Waals surface area contributed by atoms with Gasteiger partial charge in [0.1, 0.15) is 5.82 Å². The van der Waals surface area contributed by atoms with E-state index in [-0.39, 0.29) is 11.8 Å². The van der Waals surface area contributed by atoms with Crippen LogP contribution in [-0.4, -0.2) is 20.9 Å². The standard InChI is InChI=1S/C21H15BrFN5O/c22-16-9-11(23)5-6-14(16)19-15(12-3-1-2-4-13(12)20(24)29)10-18(27-19)17-7-8-26-21(25)28-17/h1-10,27H,(H2,24,29)(H2,25,26,28). The molecule has 4 rings (SSSR count). The summed E-state index contributed by atoms with van der Waals surface area (Å²) in [4.78, 5) is 23.5. The number of aromatic amines is 1. The highest BCUT2D eigenvalue weighted by atomic mass is 79.9. The van der Waals surface area contributed by atoms with Crippen LogP contribution in [0, 0.1) is 5.82 Å². The van der Waals surface area contributed by atoms with Gasteiger partial charge in [-0.1, -0.05) is 18.2 Å². The molecule has 0 saturated carbocycles. The predicted molar refractivity (Wildman–Crippen MR) is 113 cm³/mol. The van der Waals surface area contributed by atoms with Crippen LogP contribution in [0.2, 0.25) is 0 Å². The quantitative estimate of drug-likeness (QED) is 0.427. The number of anilines is 1. The molecule has 2 aromatic carbocycles. The molecule has 5 N–H and O–H groups in total. The van der Waals surface area contributed by atoms with E-state index in [0.29, 0.717) is 38.2 Å². The van der Waals surface area contributed by atoms with Gasteiger partial charge in [0.2, 0.25) is 11.9 Å². The number of carbonyl (C=O) groups is 1. The molecule has 0 aliphatic rings. The van der Waals surface area contributed by atoms with Crippen LogP contribution >= 0.6 is 15.9 Å². The molecule has 0 aliphatic carbocycles. The minimum Gasteiger partial charge on any atom is -0.368 e. The van der Waals surface area contributed by atoms with Gasteiger partial charge >= 0.3 is 0 Å². The summed E-state index contributed by atoms with van der Waals surface area (Å²) in [6.07, 6.45) is 1.56. The Bertz CT molecular complexity index is 1240. The topological polar surface area (TPSA) is 111 Å². The highest BCUT2D eigenvalue weighted by Crippen LogP contribution is 2.39.